The predicted molar refractivity (Wildman–Crippen MR) is 80.7 cm³/mol. The molecule has 20 heavy (non-hydrogen) atoms. The molecule has 0 bridgehead atoms. The van der Waals surface area contributed by atoms with E-state index in [1.807, 2.05) is 20.8 Å². The van der Waals surface area contributed by atoms with E-state index in [0.29, 0.717) is 13.0 Å². The largest absolute Gasteiger partial charge is 0.481 e. The van der Waals surface area contributed by atoms with Gasteiger partial charge in [-0.05, 0) is 30.6 Å². The summed E-state index contributed by atoms with van der Waals surface area (Å²) in [5.74, 6) is -0.775. The van der Waals surface area contributed by atoms with Crippen LogP contribution in [0.3, 0.4) is 0 Å². The second kappa shape index (κ2) is 7.50. The van der Waals surface area contributed by atoms with Gasteiger partial charge in [-0.3, -0.25) is 4.79 Å². The Morgan fingerprint density at radius 2 is 1.65 bits per heavy atom. The Morgan fingerprint density at radius 1 is 1.10 bits per heavy atom. The minimum Gasteiger partial charge on any atom is -0.481 e. The lowest BCUT2D eigenvalue weighted by Crippen LogP contribution is -2.46. The number of hydrogen-bond acceptors (Lipinski definition) is 2. The van der Waals surface area contributed by atoms with Crippen LogP contribution in [0, 0.1) is 10.8 Å². The number of nitrogens with one attached hydrogen (secondary N) is 2. The van der Waals surface area contributed by atoms with Crippen LogP contribution in [0.2, 0.25) is 0 Å². The molecule has 0 saturated carbocycles. The zero-order valence-electron chi connectivity index (χ0n) is 13.7. The molecule has 0 aliphatic heterocycles. The number of carbonyl (C=O) groups is 2. The van der Waals surface area contributed by atoms with Crippen LogP contribution in [0.1, 0.15) is 60.8 Å². The number of urea groups is 1. The number of carbonyl (C=O) groups excluding carboxylic acids is 1. The van der Waals surface area contributed by atoms with Crippen LogP contribution in [0.25, 0.3) is 0 Å². The molecule has 0 aliphatic carbocycles. The van der Waals surface area contributed by atoms with E-state index in [4.69, 9.17) is 5.11 Å². The van der Waals surface area contributed by atoms with E-state index in [-0.39, 0.29) is 29.3 Å². The van der Waals surface area contributed by atoms with Crippen LogP contribution >= 0.6 is 0 Å². The van der Waals surface area contributed by atoms with Crippen molar-refractivity contribution in [3.63, 3.8) is 0 Å². The Bertz CT molecular complexity index is 333. The van der Waals surface area contributed by atoms with Gasteiger partial charge in [-0.2, -0.15) is 0 Å². The lowest BCUT2D eigenvalue weighted by Gasteiger charge is -2.28. The second-order valence-electron chi connectivity index (χ2n) is 7.30. The van der Waals surface area contributed by atoms with Gasteiger partial charge in [0.2, 0.25) is 0 Å². The zero-order valence-corrected chi connectivity index (χ0v) is 13.7. The molecule has 0 rings (SSSR count). The molecule has 0 radical (unpaired) electrons. The van der Waals surface area contributed by atoms with Crippen molar-refractivity contribution in [2.24, 2.45) is 10.8 Å². The van der Waals surface area contributed by atoms with Gasteiger partial charge in [0.1, 0.15) is 0 Å². The molecule has 1 atom stereocenters. The van der Waals surface area contributed by atoms with Crippen molar-refractivity contribution in [1.29, 1.82) is 0 Å². The van der Waals surface area contributed by atoms with E-state index >= 15 is 0 Å². The number of carboxylic acids is 1. The van der Waals surface area contributed by atoms with Gasteiger partial charge in [0.15, 0.2) is 0 Å². The summed E-state index contributed by atoms with van der Waals surface area (Å²) in [5.41, 5.74) is -0.0561. The molecule has 1 unspecified atom stereocenters. The number of amides is 2. The standard InChI is InChI=1S/C15H30N2O3/c1-11(14(2,3)4)17-13(20)16-10-9-15(5,6)8-7-12(18)19/h11H,7-10H2,1-6H3,(H,18,19)(H2,16,17,20). The highest BCUT2D eigenvalue weighted by molar-refractivity contribution is 5.74. The first kappa shape index (κ1) is 18.7. The first-order valence-electron chi connectivity index (χ1n) is 7.20. The highest BCUT2D eigenvalue weighted by Gasteiger charge is 2.22. The highest BCUT2D eigenvalue weighted by Crippen LogP contribution is 2.26. The van der Waals surface area contributed by atoms with Gasteiger partial charge in [-0.1, -0.05) is 34.6 Å². The molecule has 0 aromatic heterocycles. The quantitative estimate of drug-likeness (QED) is 0.673. The van der Waals surface area contributed by atoms with E-state index in [1.54, 1.807) is 0 Å². The lowest BCUT2D eigenvalue weighted by atomic mass is 9.84. The maximum atomic E-state index is 11.7. The first-order valence-corrected chi connectivity index (χ1v) is 7.20. The number of rotatable bonds is 7. The van der Waals surface area contributed by atoms with Crippen LogP contribution in [0.15, 0.2) is 0 Å². The minimum absolute atomic E-state index is 0.0259. The summed E-state index contributed by atoms with van der Waals surface area (Å²) < 4.78 is 0. The van der Waals surface area contributed by atoms with E-state index < -0.39 is 5.97 Å². The molecule has 5 heteroatoms. The van der Waals surface area contributed by atoms with Gasteiger partial charge in [0.05, 0.1) is 0 Å². The van der Waals surface area contributed by atoms with E-state index in [0.717, 1.165) is 6.42 Å². The van der Waals surface area contributed by atoms with E-state index in [2.05, 4.69) is 31.4 Å². The Balaban J connectivity index is 3.99. The van der Waals surface area contributed by atoms with Crippen LogP contribution in [-0.4, -0.2) is 29.7 Å². The predicted octanol–water partition coefficient (Wildman–Crippen LogP) is 3.00. The Labute approximate surface area is 122 Å². The average molecular weight is 286 g/mol. The van der Waals surface area contributed by atoms with Crippen molar-refractivity contribution in [2.75, 3.05) is 6.54 Å². The van der Waals surface area contributed by atoms with Crippen LogP contribution < -0.4 is 10.6 Å². The van der Waals surface area contributed by atoms with Crippen molar-refractivity contribution >= 4 is 12.0 Å². The molecule has 0 aromatic carbocycles. The summed E-state index contributed by atoms with van der Waals surface area (Å²) in [6, 6.07) is -0.0796. The van der Waals surface area contributed by atoms with Crippen molar-refractivity contribution in [1.82, 2.24) is 10.6 Å². The van der Waals surface area contributed by atoms with Crippen molar-refractivity contribution in [2.45, 2.75) is 66.8 Å². The molecule has 0 aromatic rings. The van der Waals surface area contributed by atoms with Gasteiger partial charge in [-0.25, -0.2) is 4.79 Å². The van der Waals surface area contributed by atoms with Gasteiger partial charge < -0.3 is 15.7 Å². The van der Waals surface area contributed by atoms with E-state index in [1.165, 1.54) is 0 Å². The summed E-state index contributed by atoms with van der Waals surface area (Å²) in [6.45, 7) is 12.8. The molecule has 118 valence electrons. The second-order valence-corrected chi connectivity index (χ2v) is 7.30. The molecular weight excluding hydrogens is 256 g/mol. The average Bonchev–Trinajstić information content (AvgIpc) is 2.25. The van der Waals surface area contributed by atoms with Crippen LogP contribution in [0.5, 0.6) is 0 Å². The smallest absolute Gasteiger partial charge is 0.315 e. The summed E-state index contributed by atoms with van der Waals surface area (Å²) in [6.07, 6.45) is 1.54. The normalized spacial score (nSPS) is 13.7. The summed E-state index contributed by atoms with van der Waals surface area (Å²) in [7, 11) is 0. The molecule has 0 spiro atoms. The van der Waals surface area contributed by atoms with Gasteiger partial charge in [0.25, 0.3) is 0 Å². The number of hydrogen-bond donors (Lipinski definition) is 3. The third-order valence-corrected chi connectivity index (χ3v) is 3.75. The fraction of sp³-hybridized carbons (Fsp3) is 0.867. The molecule has 0 fully saturated rings. The van der Waals surface area contributed by atoms with Gasteiger partial charge in [0, 0.05) is 19.0 Å². The Kier molecular flexibility index (Phi) is 7.03. The summed E-state index contributed by atoms with van der Waals surface area (Å²) >= 11 is 0. The lowest BCUT2D eigenvalue weighted by molar-refractivity contribution is -0.137. The zero-order chi connectivity index (χ0) is 16.0. The van der Waals surface area contributed by atoms with Crippen molar-refractivity contribution in [3.05, 3.63) is 0 Å². The van der Waals surface area contributed by atoms with Crippen molar-refractivity contribution < 1.29 is 14.7 Å². The number of carboxylic acid groups (broad SMARTS) is 1. The minimum atomic E-state index is -0.775. The fourth-order valence-corrected chi connectivity index (χ4v) is 1.55. The maximum Gasteiger partial charge on any atom is 0.315 e. The topological polar surface area (TPSA) is 78.4 Å². The third-order valence-electron chi connectivity index (χ3n) is 3.75. The maximum absolute atomic E-state index is 11.7. The molecule has 0 saturated heterocycles. The fourth-order valence-electron chi connectivity index (χ4n) is 1.55. The molecule has 2 amide bonds. The Morgan fingerprint density at radius 3 is 2.10 bits per heavy atom. The molecule has 3 N–H and O–H groups in total. The molecule has 0 heterocycles. The van der Waals surface area contributed by atoms with Crippen molar-refractivity contribution in [3.8, 4) is 0 Å². The molecule has 0 aliphatic rings. The third kappa shape index (κ3) is 8.77. The van der Waals surface area contributed by atoms with Gasteiger partial charge >= 0.3 is 12.0 Å². The molecular formula is C15H30N2O3. The first-order chi connectivity index (χ1) is 8.94. The number of aliphatic carboxylic acids is 1. The van der Waals surface area contributed by atoms with Gasteiger partial charge in [-0.15, -0.1) is 0 Å². The van der Waals surface area contributed by atoms with Crippen LogP contribution in [-0.2, 0) is 4.79 Å². The van der Waals surface area contributed by atoms with E-state index in [9.17, 15) is 9.59 Å². The SMILES string of the molecule is CC(NC(=O)NCCC(C)(C)CCC(=O)O)C(C)(C)C. The Hall–Kier alpha value is -1.26. The summed E-state index contributed by atoms with van der Waals surface area (Å²) in [4.78, 5) is 22.3. The highest BCUT2D eigenvalue weighted by atomic mass is 16.4. The molecule has 5 nitrogen and oxygen atoms in total. The monoisotopic (exact) mass is 286 g/mol. The van der Waals surface area contributed by atoms with Crippen LogP contribution in [0.4, 0.5) is 4.79 Å². The summed E-state index contributed by atoms with van der Waals surface area (Å²) in [5, 5.41) is 14.4.